The van der Waals surface area contributed by atoms with Gasteiger partial charge in [0.25, 0.3) is 0 Å². The van der Waals surface area contributed by atoms with Crippen LogP contribution in [0.5, 0.6) is 0 Å². The zero-order chi connectivity index (χ0) is 13.3. The zero-order valence-corrected chi connectivity index (χ0v) is 13.6. The molecule has 0 aliphatic heterocycles. The molecule has 0 aromatic heterocycles. The third-order valence-electron chi connectivity index (χ3n) is 2.63. The molecule has 0 bridgehead atoms. The fourth-order valence-corrected chi connectivity index (χ4v) is 1.20. The summed E-state index contributed by atoms with van der Waals surface area (Å²) in [7, 11) is 9.72. The molecular formula is C14H18Cl2V-2. The van der Waals surface area contributed by atoms with Gasteiger partial charge in [-0.3, -0.25) is 0 Å². The molecule has 0 radical (unpaired) electrons. The van der Waals surface area contributed by atoms with Crippen LogP contribution in [-0.4, -0.2) is 0 Å². The molecule has 3 heteroatoms. The SMILES string of the molecule is Cc1ccc[c-]1C.Cc1ccc[c-]1C.[Cl][V][Cl]. The Bertz CT molecular complexity index is 331. The maximum absolute atomic E-state index is 4.86. The van der Waals surface area contributed by atoms with Gasteiger partial charge < -0.3 is 0 Å². The van der Waals surface area contributed by atoms with Gasteiger partial charge >= 0.3 is 34.1 Å². The Kier molecular flexibility index (Phi) is 9.77. The van der Waals surface area contributed by atoms with Crippen LogP contribution in [0.3, 0.4) is 0 Å². The van der Waals surface area contributed by atoms with Gasteiger partial charge in [0.1, 0.15) is 0 Å². The molecule has 2 rings (SSSR count). The molecule has 2 aromatic carbocycles. The van der Waals surface area contributed by atoms with Crippen molar-refractivity contribution >= 4 is 19.7 Å². The Morgan fingerprint density at radius 3 is 1.24 bits per heavy atom. The van der Waals surface area contributed by atoms with Gasteiger partial charge in [-0.05, 0) is 0 Å². The van der Waals surface area contributed by atoms with E-state index in [9.17, 15) is 0 Å². The van der Waals surface area contributed by atoms with E-state index in [0.29, 0.717) is 0 Å². The van der Waals surface area contributed by atoms with Crippen LogP contribution in [0.15, 0.2) is 36.4 Å². The van der Waals surface area contributed by atoms with E-state index < -0.39 is 0 Å². The normalized spacial score (nSPS) is 8.59. The summed E-state index contributed by atoms with van der Waals surface area (Å²) in [6.07, 6.45) is 0. The van der Waals surface area contributed by atoms with Gasteiger partial charge in [0.05, 0.1) is 0 Å². The third-order valence-corrected chi connectivity index (χ3v) is 2.63. The van der Waals surface area contributed by atoms with Gasteiger partial charge in [-0.15, -0.1) is 0 Å². The second kappa shape index (κ2) is 9.85. The summed E-state index contributed by atoms with van der Waals surface area (Å²) in [4.78, 5) is 0. The van der Waals surface area contributed by atoms with E-state index in [1.807, 2.05) is 0 Å². The van der Waals surface area contributed by atoms with Gasteiger partial charge in [-0.25, -0.2) is 24.3 Å². The first-order valence-corrected chi connectivity index (χ1v) is 9.17. The Morgan fingerprint density at radius 2 is 1.18 bits per heavy atom. The van der Waals surface area contributed by atoms with E-state index in [1.54, 1.807) is 0 Å². The third kappa shape index (κ3) is 7.73. The minimum atomic E-state index is -0.368. The van der Waals surface area contributed by atoms with Crippen LogP contribution in [0.25, 0.3) is 0 Å². The quantitative estimate of drug-likeness (QED) is 0.570. The summed E-state index contributed by atoms with van der Waals surface area (Å²) in [5, 5.41) is 0. The number of rotatable bonds is 0. The Balaban J connectivity index is 0.000000247. The molecule has 0 saturated heterocycles. The molecule has 0 fully saturated rings. The molecule has 0 atom stereocenters. The first-order chi connectivity index (χ1) is 8.02. The summed E-state index contributed by atoms with van der Waals surface area (Å²) in [5.41, 5.74) is 5.56. The first-order valence-electron chi connectivity index (χ1n) is 5.33. The van der Waals surface area contributed by atoms with Crippen LogP contribution < -0.4 is 0 Å². The topological polar surface area (TPSA) is 0 Å². The van der Waals surface area contributed by atoms with Gasteiger partial charge in [0, 0.05) is 0 Å². The van der Waals surface area contributed by atoms with Crippen molar-refractivity contribution < 1.29 is 14.4 Å². The van der Waals surface area contributed by atoms with Crippen LogP contribution in [0, 0.1) is 27.7 Å². The van der Waals surface area contributed by atoms with Crippen molar-refractivity contribution in [2.24, 2.45) is 0 Å². The van der Waals surface area contributed by atoms with Crippen LogP contribution >= 0.6 is 19.7 Å². The number of halogens is 2. The summed E-state index contributed by atoms with van der Waals surface area (Å²) in [6.45, 7) is 8.48. The fraction of sp³-hybridized carbons (Fsp3) is 0.286. The molecule has 0 heterocycles. The molecule has 0 saturated carbocycles. The van der Waals surface area contributed by atoms with E-state index >= 15 is 0 Å². The van der Waals surface area contributed by atoms with E-state index in [1.165, 1.54) is 22.3 Å². The van der Waals surface area contributed by atoms with E-state index in [2.05, 4.69) is 64.1 Å². The molecule has 0 N–H and O–H groups in total. The van der Waals surface area contributed by atoms with Gasteiger partial charge in [0.15, 0.2) is 0 Å². The van der Waals surface area contributed by atoms with Gasteiger partial charge in [0.2, 0.25) is 0 Å². The number of aryl methyl sites for hydroxylation is 4. The standard InChI is InChI=1S/2C7H9.2ClH.V/c2*1-6-4-3-5-7(6)2;;;/h2*3-5H,1-2H3;2*1H;/q2*-1;;;+2/p-2. The van der Waals surface area contributed by atoms with Crippen molar-refractivity contribution in [2.45, 2.75) is 27.7 Å². The summed E-state index contributed by atoms with van der Waals surface area (Å²) >= 11 is -0.368. The maximum atomic E-state index is 4.86. The molecule has 0 spiro atoms. The van der Waals surface area contributed by atoms with E-state index in [4.69, 9.17) is 19.7 Å². The monoisotopic (exact) mass is 307 g/mol. The Labute approximate surface area is 120 Å². The number of hydrogen-bond donors (Lipinski definition) is 0. The van der Waals surface area contributed by atoms with Crippen LogP contribution in [0.2, 0.25) is 0 Å². The average molecular weight is 308 g/mol. The van der Waals surface area contributed by atoms with Crippen molar-refractivity contribution in [3.8, 4) is 0 Å². The average Bonchev–Trinajstić information content (AvgIpc) is 2.81. The van der Waals surface area contributed by atoms with Crippen LogP contribution in [0.1, 0.15) is 22.3 Å². The van der Waals surface area contributed by atoms with Gasteiger partial charge in [-0.1, -0.05) is 27.7 Å². The molecule has 2 aromatic rings. The molecule has 0 unspecified atom stereocenters. The molecule has 0 amide bonds. The van der Waals surface area contributed by atoms with Crippen molar-refractivity contribution in [3.05, 3.63) is 58.7 Å². The first kappa shape index (κ1) is 16.9. The van der Waals surface area contributed by atoms with Crippen LogP contribution in [-0.2, 0) is 14.4 Å². The summed E-state index contributed by atoms with van der Waals surface area (Å²) in [6, 6.07) is 12.6. The molecule has 95 valence electrons. The van der Waals surface area contributed by atoms with Crippen molar-refractivity contribution in [1.29, 1.82) is 0 Å². The summed E-state index contributed by atoms with van der Waals surface area (Å²) < 4.78 is 0. The van der Waals surface area contributed by atoms with Crippen LogP contribution in [0.4, 0.5) is 0 Å². The predicted octanol–water partition coefficient (Wildman–Crippen LogP) is 5.42. The second-order valence-electron chi connectivity index (χ2n) is 3.85. The van der Waals surface area contributed by atoms with Crippen molar-refractivity contribution in [2.75, 3.05) is 0 Å². The van der Waals surface area contributed by atoms with Gasteiger partial charge in [-0.2, -0.15) is 34.4 Å². The molecule has 17 heavy (non-hydrogen) atoms. The summed E-state index contributed by atoms with van der Waals surface area (Å²) in [5.74, 6) is 0. The van der Waals surface area contributed by atoms with E-state index in [-0.39, 0.29) is 14.4 Å². The predicted molar refractivity (Wildman–Crippen MR) is 74.7 cm³/mol. The Morgan fingerprint density at radius 1 is 0.882 bits per heavy atom. The number of hydrogen-bond acceptors (Lipinski definition) is 0. The molecular weight excluding hydrogens is 290 g/mol. The minimum absolute atomic E-state index is 0.368. The molecule has 0 nitrogen and oxygen atoms in total. The zero-order valence-electron chi connectivity index (χ0n) is 10.7. The molecule has 0 aliphatic rings. The second-order valence-corrected chi connectivity index (χ2v) is 6.15. The fourth-order valence-electron chi connectivity index (χ4n) is 1.20. The van der Waals surface area contributed by atoms with E-state index in [0.717, 1.165) is 0 Å². The van der Waals surface area contributed by atoms with Crippen molar-refractivity contribution in [1.82, 2.24) is 0 Å². The Hall–Kier alpha value is -0.136. The van der Waals surface area contributed by atoms with Crippen molar-refractivity contribution in [3.63, 3.8) is 0 Å². The molecule has 0 aliphatic carbocycles.